The Bertz CT molecular complexity index is 1610. The molecule has 8 nitrogen and oxygen atoms in total. The molecule has 1 aliphatic heterocycles. The fraction of sp³-hybridized carbons (Fsp3) is 0.226. The number of aryl methyl sites for hydroxylation is 2. The van der Waals surface area contributed by atoms with Gasteiger partial charge in [0.2, 0.25) is 5.91 Å². The summed E-state index contributed by atoms with van der Waals surface area (Å²) >= 11 is 5.91. The highest BCUT2D eigenvalue weighted by Gasteiger charge is 2.42. The molecule has 0 saturated carbocycles. The summed E-state index contributed by atoms with van der Waals surface area (Å²) < 4.78 is 1.99. The molecule has 0 bridgehead atoms. The summed E-state index contributed by atoms with van der Waals surface area (Å²) in [4.78, 5) is 30.8. The molecule has 0 aliphatic carbocycles. The minimum absolute atomic E-state index is 0.0450. The summed E-state index contributed by atoms with van der Waals surface area (Å²) in [6, 6.07) is 20.3. The lowest BCUT2D eigenvalue weighted by atomic mass is 9.96. The zero-order valence-corrected chi connectivity index (χ0v) is 23.6. The second-order valence-corrected chi connectivity index (χ2v) is 10.3. The van der Waals surface area contributed by atoms with Crippen molar-refractivity contribution >= 4 is 40.6 Å². The summed E-state index contributed by atoms with van der Waals surface area (Å²) in [7, 11) is 0. The van der Waals surface area contributed by atoms with E-state index in [-0.39, 0.29) is 23.6 Å². The quantitative estimate of drug-likeness (QED) is 0.241. The van der Waals surface area contributed by atoms with Crippen LogP contribution >= 0.6 is 12.2 Å². The molecule has 0 unspecified atom stereocenters. The number of carbonyl (C=O) groups is 2. The van der Waals surface area contributed by atoms with Gasteiger partial charge < -0.3 is 25.2 Å². The molecule has 204 valence electrons. The van der Waals surface area contributed by atoms with E-state index in [1.807, 2.05) is 80.8 Å². The highest BCUT2D eigenvalue weighted by Crippen LogP contribution is 2.44. The molecule has 9 heteroatoms. The van der Waals surface area contributed by atoms with Gasteiger partial charge in [0, 0.05) is 35.4 Å². The van der Waals surface area contributed by atoms with Crippen LogP contribution in [0.5, 0.6) is 0 Å². The lowest BCUT2D eigenvalue weighted by Gasteiger charge is -2.29. The molecule has 2 aromatic carbocycles. The maximum absolute atomic E-state index is 12.1. The Balaban J connectivity index is 1.66. The number of amides is 1. The standard InChI is InChI=1S/C31H31N5O3S/c1-5-27(37)33-24-14-13-21(16-18(24)2)36-29(28(34-31(36)40)25-11-8-9-15-32-25)23-17-19(3)35(20(23)4)26-12-7-6-10-22(26)30(38)39/h6-17,28-29H,5H2,1-4H3,(H,33,37)(H,34,40)(H,38,39)/t28-,29-/m1/s1. The number of carboxylic acids is 1. The van der Waals surface area contributed by atoms with E-state index in [9.17, 15) is 14.7 Å². The lowest BCUT2D eigenvalue weighted by molar-refractivity contribution is -0.115. The van der Waals surface area contributed by atoms with Gasteiger partial charge in [-0.3, -0.25) is 9.78 Å². The van der Waals surface area contributed by atoms with Gasteiger partial charge in [-0.05, 0) is 92.6 Å². The summed E-state index contributed by atoms with van der Waals surface area (Å²) in [6.45, 7) is 7.76. The Labute approximate surface area is 238 Å². The predicted octanol–water partition coefficient (Wildman–Crippen LogP) is 6.02. The van der Waals surface area contributed by atoms with Gasteiger partial charge in [-0.15, -0.1) is 0 Å². The van der Waals surface area contributed by atoms with Crippen molar-refractivity contribution in [2.45, 2.75) is 46.2 Å². The maximum atomic E-state index is 12.1. The molecule has 1 saturated heterocycles. The van der Waals surface area contributed by atoms with Crippen molar-refractivity contribution in [3.8, 4) is 5.69 Å². The average molecular weight is 554 g/mol. The number of aromatic nitrogens is 2. The van der Waals surface area contributed by atoms with Crippen LogP contribution < -0.4 is 15.5 Å². The minimum Gasteiger partial charge on any atom is -0.478 e. The van der Waals surface area contributed by atoms with Gasteiger partial charge in [0.15, 0.2) is 5.11 Å². The first-order chi connectivity index (χ1) is 19.2. The molecule has 3 heterocycles. The molecule has 0 radical (unpaired) electrons. The number of hydrogen-bond acceptors (Lipinski definition) is 4. The van der Waals surface area contributed by atoms with Crippen LogP contribution in [0.4, 0.5) is 11.4 Å². The van der Waals surface area contributed by atoms with E-state index in [1.165, 1.54) is 0 Å². The molecular formula is C31H31N5O3S. The Morgan fingerprint density at radius 2 is 1.80 bits per heavy atom. The second kappa shape index (κ2) is 10.9. The number of carboxylic acid groups (broad SMARTS) is 1. The number of rotatable bonds is 7. The number of nitrogens with one attached hydrogen (secondary N) is 2. The molecule has 3 N–H and O–H groups in total. The monoisotopic (exact) mass is 553 g/mol. The fourth-order valence-electron chi connectivity index (χ4n) is 5.43. The van der Waals surface area contributed by atoms with Gasteiger partial charge in [-0.25, -0.2) is 4.79 Å². The van der Waals surface area contributed by atoms with Crippen molar-refractivity contribution in [3.05, 3.63) is 107 Å². The van der Waals surface area contributed by atoms with Gasteiger partial charge in [0.1, 0.15) is 0 Å². The first-order valence-corrected chi connectivity index (χ1v) is 13.5. The van der Waals surface area contributed by atoms with E-state index in [0.717, 1.165) is 39.6 Å². The molecule has 5 rings (SSSR count). The van der Waals surface area contributed by atoms with Crippen molar-refractivity contribution in [2.24, 2.45) is 0 Å². The first-order valence-electron chi connectivity index (χ1n) is 13.1. The molecule has 1 aliphatic rings. The van der Waals surface area contributed by atoms with E-state index in [2.05, 4.69) is 26.6 Å². The van der Waals surface area contributed by atoms with Gasteiger partial charge in [-0.1, -0.05) is 25.1 Å². The molecule has 1 fully saturated rings. The number of benzene rings is 2. The molecule has 4 aromatic rings. The predicted molar refractivity (Wildman–Crippen MR) is 160 cm³/mol. The third-order valence-electron chi connectivity index (χ3n) is 7.35. The smallest absolute Gasteiger partial charge is 0.337 e. The summed E-state index contributed by atoms with van der Waals surface area (Å²) in [5.41, 5.74) is 7.07. The summed E-state index contributed by atoms with van der Waals surface area (Å²) in [5.74, 6) is -1.02. The molecule has 2 atom stereocenters. The van der Waals surface area contributed by atoms with E-state index in [1.54, 1.807) is 18.3 Å². The van der Waals surface area contributed by atoms with Crippen molar-refractivity contribution in [1.29, 1.82) is 0 Å². The lowest BCUT2D eigenvalue weighted by Crippen LogP contribution is -2.29. The third-order valence-corrected chi connectivity index (χ3v) is 7.66. The summed E-state index contributed by atoms with van der Waals surface area (Å²) in [5, 5.41) is 16.9. The Morgan fingerprint density at radius 3 is 2.48 bits per heavy atom. The van der Waals surface area contributed by atoms with Crippen LogP contribution in [0.1, 0.15) is 64.0 Å². The first kappa shape index (κ1) is 27.1. The number of thiocarbonyl (C=S) groups is 1. The van der Waals surface area contributed by atoms with Crippen LogP contribution in [0.15, 0.2) is 72.9 Å². The number of nitrogens with zero attached hydrogens (tertiary/aromatic N) is 3. The Morgan fingerprint density at radius 1 is 1.05 bits per heavy atom. The van der Waals surface area contributed by atoms with Gasteiger partial charge >= 0.3 is 5.97 Å². The molecule has 1 amide bonds. The van der Waals surface area contributed by atoms with E-state index in [0.29, 0.717) is 17.2 Å². The van der Waals surface area contributed by atoms with Crippen LogP contribution in [0.25, 0.3) is 5.69 Å². The van der Waals surface area contributed by atoms with Crippen LogP contribution in [-0.2, 0) is 4.79 Å². The Hall–Kier alpha value is -4.50. The van der Waals surface area contributed by atoms with Gasteiger partial charge in [0.05, 0.1) is 29.0 Å². The topological polar surface area (TPSA) is 99.5 Å². The van der Waals surface area contributed by atoms with Crippen LogP contribution in [0.3, 0.4) is 0 Å². The highest BCUT2D eigenvalue weighted by molar-refractivity contribution is 7.80. The zero-order chi connectivity index (χ0) is 28.6. The molecule has 2 aromatic heterocycles. The van der Waals surface area contributed by atoms with Crippen molar-refractivity contribution < 1.29 is 14.7 Å². The number of para-hydroxylation sites is 1. The molecule has 40 heavy (non-hydrogen) atoms. The number of carbonyl (C=O) groups excluding carboxylic acids is 1. The number of anilines is 2. The van der Waals surface area contributed by atoms with Crippen molar-refractivity contribution in [1.82, 2.24) is 14.9 Å². The zero-order valence-electron chi connectivity index (χ0n) is 22.8. The Kier molecular flexibility index (Phi) is 7.40. The van der Waals surface area contributed by atoms with E-state index in [4.69, 9.17) is 12.2 Å². The third kappa shape index (κ3) is 4.84. The van der Waals surface area contributed by atoms with Crippen LogP contribution in [0, 0.1) is 20.8 Å². The van der Waals surface area contributed by atoms with E-state index >= 15 is 0 Å². The number of aromatic carboxylic acids is 1. The minimum atomic E-state index is -0.980. The van der Waals surface area contributed by atoms with Crippen LogP contribution in [-0.4, -0.2) is 31.6 Å². The average Bonchev–Trinajstić information content (AvgIpc) is 3.44. The van der Waals surface area contributed by atoms with Crippen molar-refractivity contribution in [2.75, 3.05) is 10.2 Å². The summed E-state index contributed by atoms with van der Waals surface area (Å²) in [6.07, 6.45) is 2.16. The van der Waals surface area contributed by atoms with Crippen molar-refractivity contribution in [3.63, 3.8) is 0 Å². The molecule has 0 spiro atoms. The van der Waals surface area contributed by atoms with Crippen LogP contribution in [0.2, 0.25) is 0 Å². The number of hydrogen-bond donors (Lipinski definition) is 3. The second-order valence-electron chi connectivity index (χ2n) is 9.88. The normalized spacial score (nSPS) is 16.6. The number of pyridine rings is 1. The van der Waals surface area contributed by atoms with E-state index < -0.39 is 5.97 Å². The molecular weight excluding hydrogens is 522 g/mol. The van der Waals surface area contributed by atoms with Gasteiger partial charge in [0.25, 0.3) is 0 Å². The fourth-order valence-corrected chi connectivity index (χ4v) is 5.78. The SMILES string of the molecule is CCC(=O)Nc1ccc(N2C(=S)N[C@H](c3ccccn3)[C@H]2c2cc(C)n(-c3ccccc3C(=O)O)c2C)cc1C. The largest absolute Gasteiger partial charge is 0.478 e. The highest BCUT2D eigenvalue weighted by atomic mass is 32.1. The maximum Gasteiger partial charge on any atom is 0.337 e. The van der Waals surface area contributed by atoms with Gasteiger partial charge in [-0.2, -0.15) is 0 Å².